The van der Waals surface area contributed by atoms with Crippen LogP contribution in [0.3, 0.4) is 0 Å². The van der Waals surface area contributed by atoms with Crippen molar-refractivity contribution in [3.8, 4) is 0 Å². The third-order valence-corrected chi connectivity index (χ3v) is 0.765. The van der Waals surface area contributed by atoms with Crippen molar-refractivity contribution < 1.29 is 19.2 Å². The van der Waals surface area contributed by atoms with Gasteiger partial charge < -0.3 is 19.2 Å². The molecule has 0 radical (unpaired) electrons. The molecule has 0 atom stereocenters. The smallest absolute Gasteiger partial charge is 0.402 e. The topological polar surface area (TPSA) is 49.7 Å². The molecule has 0 aromatic rings. The Labute approximate surface area is 81.9 Å². The Morgan fingerprint density at radius 3 is 1.77 bits per heavy atom. The van der Waals surface area contributed by atoms with E-state index in [1.165, 1.54) is 0 Å². The van der Waals surface area contributed by atoms with Gasteiger partial charge in [0.25, 0.3) is 0 Å². The molecule has 0 heterocycles. The molecular formula is C8H23BNO3+. The molecule has 0 fully saturated rings. The lowest BCUT2D eigenvalue weighted by Gasteiger charge is -2.14. The summed E-state index contributed by atoms with van der Waals surface area (Å²) in [6, 6.07) is 0. The molecule has 0 aliphatic rings. The van der Waals surface area contributed by atoms with Crippen molar-refractivity contribution >= 4 is 7.32 Å². The van der Waals surface area contributed by atoms with Gasteiger partial charge in [0.05, 0.1) is 28.2 Å². The lowest BCUT2D eigenvalue weighted by atomic mass is 10.2. The first-order chi connectivity index (χ1) is 5.77. The molecule has 0 saturated heterocycles. The first-order valence-electron chi connectivity index (χ1n) is 4.54. The summed E-state index contributed by atoms with van der Waals surface area (Å²) in [6.07, 6.45) is 1.88. The van der Waals surface area contributed by atoms with E-state index in [-0.39, 0.29) is 0 Å². The second kappa shape index (κ2) is 8.50. The van der Waals surface area contributed by atoms with Gasteiger partial charge in [0, 0.05) is 6.61 Å². The number of quaternary nitrogens is 1. The predicted octanol–water partition coefficient (Wildman–Crippen LogP) is 0.0950. The summed E-state index contributed by atoms with van der Waals surface area (Å²) >= 11 is 0. The quantitative estimate of drug-likeness (QED) is 0.377. The van der Waals surface area contributed by atoms with Crippen LogP contribution in [0.4, 0.5) is 0 Å². The molecule has 2 N–H and O–H groups in total. The van der Waals surface area contributed by atoms with Gasteiger partial charge in [0.2, 0.25) is 0 Å². The molecule has 5 heteroatoms. The van der Waals surface area contributed by atoms with Crippen molar-refractivity contribution in [2.75, 3.05) is 34.8 Å². The van der Waals surface area contributed by atoms with Crippen molar-refractivity contribution in [1.29, 1.82) is 0 Å². The van der Waals surface area contributed by atoms with Gasteiger partial charge in [-0.1, -0.05) is 13.3 Å². The maximum absolute atomic E-state index is 8.11. The van der Waals surface area contributed by atoms with Crippen LogP contribution in [0.25, 0.3) is 0 Å². The molecule has 80 valence electrons. The summed E-state index contributed by atoms with van der Waals surface area (Å²) in [5.74, 6) is 0. The molecule has 0 unspecified atom stereocenters. The molecule has 0 aliphatic carbocycles. The zero-order chi connectivity index (χ0) is 10.9. The van der Waals surface area contributed by atoms with Gasteiger partial charge in [-0.05, 0) is 6.42 Å². The maximum atomic E-state index is 8.11. The van der Waals surface area contributed by atoms with E-state index >= 15 is 0 Å². The van der Waals surface area contributed by atoms with E-state index in [0.29, 0.717) is 6.61 Å². The Morgan fingerprint density at radius 1 is 1.15 bits per heavy atom. The third-order valence-electron chi connectivity index (χ3n) is 0.765. The highest BCUT2D eigenvalue weighted by atomic mass is 16.6. The summed E-state index contributed by atoms with van der Waals surface area (Å²) < 4.78 is 5.39. The maximum Gasteiger partial charge on any atom is 0.633 e. The van der Waals surface area contributed by atoms with Gasteiger partial charge in [-0.3, -0.25) is 0 Å². The van der Waals surface area contributed by atoms with E-state index < -0.39 is 7.32 Å². The minimum absolute atomic E-state index is 0.425. The van der Waals surface area contributed by atoms with Gasteiger partial charge in [-0.25, -0.2) is 0 Å². The largest absolute Gasteiger partial charge is 0.633 e. The number of hydrogen-bond donors (Lipinski definition) is 2. The van der Waals surface area contributed by atoms with E-state index in [9.17, 15) is 0 Å². The van der Waals surface area contributed by atoms with Crippen LogP contribution in [0.1, 0.15) is 19.8 Å². The second-order valence-electron chi connectivity index (χ2n) is 4.23. The molecule has 13 heavy (non-hydrogen) atoms. The summed E-state index contributed by atoms with van der Waals surface area (Å²) in [7, 11) is 6.90. The Kier molecular flexibility index (Phi) is 10.1. The first kappa shape index (κ1) is 15.4. The highest BCUT2D eigenvalue weighted by molar-refractivity contribution is 6.32. The van der Waals surface area contributed by atoms with Crippen LogP contribution in [-0.2, 0) is 4.65 Å². The van der Waals surface area contributed by atoms with E-state index in [2.05, 4.69) is 32.8 Å². The molecule has 0 aliphatic heterocycles. The highest BCUT2D eigenvalue weighted by Crippen LogP contribution is 1.86. The van der Waals surface area contributed by atoms with Gasteiger partial charge in [0.15, 0.2) is 0 Å². The number of unbranched alkanes of at least 4 members (excludes halogenated alkanes) is 1. The van der Waals surface area contributed by atoms with Crippen LogP contribution in [0, 0.1) is 0 Å². The van der Waals surface area contributed by atoms with Crippen molar-refractivity contribution in [2.24, 2.45) is 0 Å². The monoisotopic (exact) mass is 192 g/mol. The molecule has 0 aromatic heterocycles. The van der Waals surface area contributed by atoms with Crippen LogP contribution in [0.2, 0.25) is 0 Å². The summed E-state index contributed by atoms with van der Waals surface area (Å²) in [5.41, 5.74) is 0. The average Bonchev–Trinajstić information content (AvgIpc) is 1.83. The minimum Gasteiger partial charge on any atom is -0.402 e. The highest BCUT2D eigenvalue weighted by Gasteiger charge is 2.05. The fraction of sp³-hybridized carbons (Fsp3) is 1.00. The minimum atomic E-state index is -1.60. The van der Waals surface area contributed by atoms with Crippen LogP contribution in [0.15, 0.2) is 0 Å². The SMILES string of the molecule is CCCCOB(O)O.C[N+](C)(C)C. The van der Waals surface area contributed by atoms with Crippen LogP contribution >= 0.6 is 0 Å². The van der Waals surface area contributed by atoms with Crippen LogP contribution < -0.4 is 0 Å². The van der Waals surface area contributed by atoms with E-state index in [0.717, 1.165) is 17.3 Å². The summed E-state index contributed by atoms with van der Waals surface area (Å²) in [4.78, 5) is 0. The van der Waals surface area contributed by atoms with Gasteiger partial charge in [0.1, 0.15) is 0 Å². The Balaban J connectivity index is 0. The van der Waals surface area contributed by atoms with Crippen molar-refractivity contribution in [3.05, 3.63) is 0 Å². The summed E-state index contributed by atoms with van der Waals surface area (Å²) in [5, 5.41) is 16.2. The third kappa shape index (κ3) is 48.5. The number of rotatable bonds is 4. The molecule has 0 spiro atoms. The standard InChI is InChI=1S/C4H11BO3.C4H12N/c1-2-3-4-8-5(6)7;1-5(2,3)4/h6-7H,2-4H2,1H3;1-4H3/q;+1. The molecule has 0 bridgehead atoms. The number of hydrogen-bond acceptors (Lipinski definition) is 3. The van der Waals surface area contributed by atoms with Crippen molar-refractivity contribution in [3.63, 3.8) is 0 Å². The van der Waals surface area contributed by atoms with Crippen molar-refractivity contribution in [1.82, 2.24) is 0 Å². The van der Waals surface area contributed by atoms with Crippen molar-refractivity contribution in [2.45, 2.75) is 19.8 Å². The molecular weight excluding hydrogens is 169 g/mol. The predicted molar refractivity (Wildman–Crippen MR) is 55.0 cm³/mol. The molecule has 4 nitrogen and oxygen atoms in total. The molecule has 0 aromatic carbocycles. The van der Waals surface area contributed by atoms with E-state index in [1.807, 2.05) is 6.92 Å². The fourth-order valence-electron chi connectivity index (χ4n) is 0.333. The zero-order valence-electron chi connectivity index (χ0n) is 9.45. The Morgan fingerprint density at radius 2 is 1.54 bits per heavy atom. The average molecular weight is 192 g/mol. The molecule has 0 saturated carbocycles. The van der Waals surface area contributed by atoms with E-state index in [4.69, 9.17) is 10.0 Å². The van der Waals surface area contributed by atoms with Crippen LogP contribution in [0.5, 0.6) is 0 Å². The molecule has 0 amide bonds. The van der Waals surface area contributed by atoms with E-state index in [1.54, 1.807) is 0 Å². The Bertz CT molecular complexity index is 98.1. The van der Waals surface area contributed by atoms with Crippen LogP contribution in [-0.4, -0.2) is 56.6 Å². The number of nitrogens with zero attached hydrogens (tertiary/aromatic N) is 1. The normalized spacial score (nSPS) is 10.4. The lowest BCUT2D eigenvalue weighted by molar-refractivity contribution is -0.849. The second-order valence-corrected chi connectivity index (χ2v) is 4.23. The lowest BCUT2D eigenvalue weighted by Crippen LogP contribution is -2.27. The summed E-state index contributed by atoms with van der Waals surface area (Å²) in [6.45, 7) is 2.43. The van der Waals surface area contributed by atoms with Gasteiger partial charge in [-0.15, -0.1) is 0 Å². The molecule has 0 rings (SSSR count). The zero-order valence-corrected chi connectivity index (χ0v) is 9.45. The Hall–Kier alpha value is -0.0951. The first-order valence-corrected chi connectivity index (χ1v) is 4.54. The van der Waals surface area contributed by atoms with Gasteiger partial charge >= 0.3 is 7.32 Å². The fourth-order valence-corrected chi connectivity index (χ4v) is 0.333. The van der Waals surface area contributed by atoms with Gasteiger partial charge in [-0.2, -0.15) is 0 Å².